The van der Waals surface area contributed by atoms with Crippen molar-refractivity contribution in [1.82, 2.24) is 4.90 Å². The van der Waals surface area contributed by atoms with Crippen molar-refractivity contribution in [1.29, 1.82) is 0 Å². The molecule has 80 valence electrons. The number of carbonyl (C=O) groups is 1. The van der Waals surface area contributed by atoms with Crippen molar-refractivity contribution in [3.8, 4) is 0 Å². The fraction of sp³-hybridized carbons (Fsp3) is 0.900. The van der Waals surface area contributed by atoms with Crippen LogP contribution in [0.4, 0.5) is 4.79 Å². The van der Waals surface area contributed by atoms with E-state index in [0.29, 0.717) is 6.10 Å². The molecule has 1 saturated heterocycles. The fourth-order valence-electron chi connectivity index (χ4n) is 1.80. The molecule has 0 aromatic rings. The van der Waals surface area contributed by atoms with E-state index in [1.165, 1.54) is 12.8 Å². The van der Waals surface area contributed by atoms with Gasteiger partial charge in [0.05, 0.1) is 6.10 Å². The van der Waals surface area contributed by atoms with Gasteiger partial charge in [-0.25, -0.2) is 4.79 Å². The van der Waals surface area contributed by atoms with E-state index >= 15 is 0 Å². The van der Waals surface area contributed by atoms with Gasteiger partial charge in [-0.3, -0.25) is 0 Å². The zero-order valence-electron chi connectivity index (χ0n) is 8.45. The lowest BCUT2D eigenvalue weighted by Crippen LogP contribution is -2.43. The Labute approximate surface area is 84.4 Å². The minimum atomic E-state index is -0.300. The minimum Gasteiger partial charge on any atom is -0.378 e. The molecule has 1 heterocycles. The normalized spacial score (nSPS) is 23.9. The largest absolute Gasteiger partial charge is 0.378 e. The monoisotopic (exact) mass is 198 g/mol. The number of carbonyl (C=O) groups excluding carboxylic acids is 1. The van der Waals surface area contributed by atoms with E-state index in [1.54, 1.807) is 4.90 Å². The Morgan fingerprint density at radius 3 is 2.43 bits per heavy atom. The average Bonchev–Trinajstić information content (AvgIpc) is 2.99. The lowest BCUT2D eigenvalue weighted by atomic mass is 10.1. The second-order valence-corrected chi connectivity index (χ2v) is 4.30. The Morgan fingerprint density at radius 2 is 1.93 bits per heavy atom. The molecule has 1 saturated carbocycles. The van der Waals surface area contributed by atoms with Gasteiger partial charge < -0.3 is 15.4 Å². The lowest BCUT2D eigenvalue weighted by Gasteiger charge is -2.30. The van der Waals surface area contributed by atoms with Gasteiger partial charge >= 0.3 is 6.03 Å². The first-order valence-corrected chi connectivity index (χ1v) is 5.41. The Morgan fingerprint density at radius 1 is 1.29 bits per heavy atom. The SMILES string of the molecule is NC(=O)N1CCC(OCC2CC2)CC1. The van der Waals surface area contributed by atoms with Crippen LogP contribution in [-0.2, 0) is 4.74 Å². The zero-order valence-corrected chi connectivity index (χ0v) is 8.45. The van der Waals surface area contributed by atoms with E-state index in [9.17, 15) is 4.79 Å². The van der Waals surface area contributed by atoms with Gasteiger partial charge in [-0.2, -0.15) is 0 Å². The topological polar surface area (TPSA) is 55.6 Å². The van der Waals surface area contributed by atoms with Crippen LogP contribution in [0.25, 0.3) is 0 Å². The molecule has 0 atom stereocenters. The van der Waals surface area contributed by atoms with Crippen molar-refractivity contribution in [2.45, 2.75) is 31.8 Å². The first kappa shape index (κ1) is 9.77. The molecule has 2 fully saturated rings. The number of hydrogen-bond donors (Lipinski definition) is 1. The molecule has 0 aromatic carbocycles. The molecule has 2 N–H and O–H groups in total. The third-order valence-electron chi connectivity index (χ3n) is 3.02. The Hall–Kier alpha value is -0.770. The molecule has 0 bridgehead atoms. The van der Waals surface area contributed by atoms with Crippen LogP contribution in [0.3, 0.4) is 0 Å². The molecule has 1 aliphatic heterocycles. The molecule has 4 heteroatoms. The van der Waals surface area contributed by atoms with Gasteiger partial charge in [0.2, 0.25) is 0 Å². The zero-order chi connectivity index (χ0) is 9.97. The average molecular weight is 198 g/mol. The van der Waals surface area contributed by atoms with E-state index in [2.05, 4.69) is 0 Å². The summed E-state index contributed by atoms with van der Waals surface area (Å²) in [4.78, 5) is 12.5. The smallest absolute Gasteiger partial charge is 0.314 e. The number of hydrogen-bond acceptors (Lipinski definition) is 2. The van der Waals surface area contributed by atoms with Gasteiger partial charge in [0, 0.05) is 19.7 Å². The molecular weight excluding hydrogens is 180 g/mol. The maximum Gasteiger partial charge on any atom is 0.314 e. The van der Waals surface area contributed by atoms with Crippen molar-refractivity contribution in [3.05, 3.63) is 0 Å². The van der Waals surface area contributed by atoms with Crippen LogP contribution in [0, 0.1) is 5.92 Å². The lowest BCUT2D eigenvalue weighted by molar-refractivity contribution is 0.0101. The second kappa shape index (κ2) is 4.17. The number of amides is 2. The van der Waals surface area contributed by atoms with E-state index in [-0.39, 0.29) is 6.03 Å². The number of rotatable bonds is 3. The van der Waals surface area contributed by atoms with Gasteiger partial charge in [0.15, 0.2) is 0 Å². The Kier molecular flexibility index (Phi) is 2.91. The van der Waals surface area contributed by atoms with Crippen LogP contribution < -0.4 is 5.73 Å². The van der Waals surface area contributed by atoms with E-state index in [4.69, 9.17) is 10.5 Å². The summed E-state index contributed by atoms with van der Waals surface area (Å²) in [6, 6.07) is -0.300. The van der Waals surface area contributed by atoms with Gasteiger partial charge in [0.25, 0.3) is 0 Å². The number of likely N-dealkylation sites (tertiary alicyclic amines) is 1. The van der Waals surface area contributed by atoms with Crippen molar-refractivity contribution < 1.29 is 9.53 Å². The highest BCUT2D eigenvalue weighted by Gasteiger charge is 2.26. The standard InChI is InChI=1S/C10H18N2O2/c11-10(13)12-5-3-9(4-6-12)14-7-8-1-2-8/h8-9H,1-7H2,(H2,11,13). The quantitative estimate of drug-likeness (QED) is 0.734. The maximum atomic E-state index is 10.8. The van der Waals surface area contributed by atoms with Gasteiger partial charge in [-0.15, -0.1) is 0 Å². The van der Waals surface area contributed by atoms with E-state index in [1.807, 2.05) is 0 Å². The summed E-state index contributed by atoms with van der Waals surface area (Å²) in [5.41, 5.74) is 5.19. The molecule has 1 aliphatic carbocycles. The van der Waals surface area contributed by atoms with E-state index in [0.717, 1.165) is 38.5 Å². The van der Waals surface area contributed by atoms with Crippen LogP contribution in [0.15, 0.2) is 0 Å². The number of ether oxygens (including phenoxy) is 1. The molecule has 2 rings (SSSR count). The van der Waals surface area contributed by atoms with E-state index < -0.39 is 0 Å². The van der Waals surface area contributed by atoms with Crippen molar-refractivity contribution in [3.63, 3.8) is 0 Å². The summed E-state index contributed by atoms with van der Waals surface area (Å²) >= 11 is 0. The molecule has 0 radical (unpaired) electrons. The van der Waals surface area contributed by atoms with Crippen molar-refractivity contribution in [2.24, 2.45) is 11.7 Å². The second-order valence-electron chi connectivity index (χ2n) is 4.30. The maximum absolute atomic E-state index is 10.8. The molecule has 0 aromatic heterocycles. The van der Waals surface area contributed by atoms with Crippen LogP contribution in [-0.4, -0.2) is 36.7 Å². The highest BCUT2D eigenvalue weighted by molar-refractivity contribution is 5.72. The summed E-state index contributed by atoms with van der Waals surface area (Å²) in [5, 5.41) is 0. The molecule has 2 aliphatic rings. The molecule has 4 nitrogen and oxygen atoms in total. The van der Waals surface area contributed by atoms with Crippen LogP contribution in [0.1, 0.15) is 25.7 Å². The third-order valence-corrected chi connectivity index (χ3v) is 3.02. The van der Waals surface area contributed by atoms with Crippen molar-refractivity contribution in [2.75, 3.05) is 19.7 Å². The summed E-state index contributed by atoms with van der Waals surface area (Å²) < 4.78 is 5.76. The van der Waals surface area contributed by atoms with Crippen LogP contribution >= 0.6 is 0 Å². The number of nitrogens with zero attached hydrogens (tertiary/aromatic N) is 1. The van der Waals surface area contributed by atoms with Gasteiger partial charge in [0.1, 0.15) is 0 Å². The highest BCUT2D eigenvalue weighted by Crippen LogP contribution is 2.30. The summed E-state index contributed by atoms with van der Waals surface area (Å²) in [5.74, 6) is 0.823. The molecule has 0 unspecified atom stereocenters. The van der Waals surface area contributed by atoms with Crippen LogP contribution in [0.2, 0.25) is 0 Å². The number of piperidine rings is 1. The number of primary amides is 1. The fourth-order valence-corrected chi connectivity index (χ4v) is 1.80. The van der Waals surface area contributed by atoms with Gasteiger partial charge in [-0.05, 0) is 31.6 Å². The third kappa shape index (κ3) is 2.61. The van der Waals surface area contributed by atoms with Crippen molar-refractivity contribution >= 4 is 6.03 Å². The number of nitrogens with two attached hydrogens (primary N) is 1. The van der Waals surface area contributed by atoms with Crippen LogP contribution in [0.5, 0.6) is 0 Å². The first-order valence-electron chi connectivity index (χ1n) is 5.41. The summed E-state index contributed by atoms with van der Waals surface area (Å²) in [6.45, 7) is 2.43. The molecule has 0 spiro atoms. The predicted molar refractivity (Wildman–Crippen MR) is 52.9 cm³/mol. The molecule has 2 amide bonds. The molecular formula is C10H18N2O2. The molecule has 14 heavy (non-hydrogen) atoms. The summed E-state index contributed by atoms with van der Waals surface area (Å²) in [6.07, 6.45) is 4.90. The predicted octanol–water partition coefficient (Wildman–Crippen LogP) is 0.956. The minimum absolute atomic E-state index is 0.300. The number of urea groups is 1. The Bertz CT molecular complexity index is 208. The first-order chi connectivity index (χ1) is 6.75. The Balaban J connectivity index is 1.64. The highest BCUT2D eigenvalue weighted by atomic mass is 16.5. The van der Waals surface area contributed by atoms with Gasteiger partial charge in [-0.1, -0.05) is 0 Å². The summed E-state index contributed by atoms with van der Waals surface area (Å²) in [7, 11) is 0.